The first-order valence-corrected chi connectivity index (χ1v) is 5.86. The highest BCUT2D eigenvalue weighted by molar-refractivity contribution is 7.73. The van der Waals surface area contributed by atoms with Crippen LogP contribution in [-0.2, 0) is 11.4 Å². The number of hydrogen-bond acceptors (Lipinski definition) is 4. The van der Waals surface area contributed by atoms with Gasteiger partial charge in [-0.25, -0.2) is 0 Å². The molecule has 1 aromatic rings. The molecule has 1 aromatic carbocycles. The molecule has 98 valence electrons. The first-order chi connectivity index (χ1) is 7.92. The number of anilines is 1. The number of benzene rings is 1. The molecule has 0 spiro atoms. The van der Waals surface area contributed by atoms with Gasteiger partial charge in [0.1, 0.15) is 0 Å². The van der Waals surface area contributed by atoms with E-state index in [1.807, 2.05) is 19.1 Å². The van der Waals surface area contributed by atoms with Gasteiger partial charge in [-0.1, -0.05) is 6.07 Å². The molecule has 0 saturated carbocycles. The fraction of sp³-hybridized carbons (Fsp3) is 0.400. The third-order valence-electron chi connectivity index (χ3n) is 2.17. The van der Waals surface area contributed by atoms with Gasteiger partial charge in [0, 0.05) is 11.6 Å². The average molecular weight is 263 g/mol. The van der Waals surface area contributed by atoms with E-state index >= 15 is 0 Å². The Hall–Kier alpha value is -0.990. The number of hydrogen-bond donors (Lipinski definition) is 5. The zero-order chi connectivity index (χ0) is 13.4. The van der Waals surface area contributed by atoms with Crippen LogP contribution in [0.15, 0.2) is 18.2 Å². The fourth-order valence-electron chi connectivity index (χ4n) is 1.41. The molecule has 0 aliphatic heterocycles. The molecule has 1 rings (SSSR count). The van der Waals surface area contributed by atoms with Crippen molar-refractivity contribution in [1.29, 1.82) is 0 Å². The predicted octanol–water partition coefficient (Wildman–Crippen LogP) is 0.327. The Labute approximate surface area is 102 Å². The predicted molar refractivity (Wildman–Crippen MR) is 65.9 cm³/mol. The first-order valence-electron chi connectivity index (χ1n) is 4.80. The lowest BCUT2D eigenvalue weighted by Crippen LogP contribution is -2.10. The Balaban J connectivity index is 0.000000557. The highest BCUT2D eigenvalue weighted by Crippen LogP contribution is 2.20. The van der Waals surface area contributed by atoms with E-state index in [4.69, 9.17) is 29.3 Å². The molecule has 17 heavy (non-hydrogen) atoms. The molecule has 0 fully saturated rings. The number of aliphatic hydroxyl groups excluding tert-OH is 2. The molecule has 0 aliphatic carbocycles. The summed E-state index contributed by atoms with van der Waals surface area (Å²) in [4.78, 5) is 0. The minimum atomic E-state index is -2.61. The maximum absolute atomic E-state index is 8.98. The van der Waals surface area contributed by atoms with Crippen molar-refractivity contribution < 1.29 is 23.5 Å². The van der Waals surface area contributed by atoms with Gasteiger partial charge in [0.05, 0.1) is 13.2 Å². The summed E-state index contributed by atoms with van der Waals surface area (Å²) < 4.78 is 22.8. The molecule has 6 nitrogen and oxygen atoms in total. The lowest BCUT2D eigenvalue weighted by Gasteiger charge is -2.14. The Morgan fingerprint density at radius 3 is 2.12 bits per heavy atom. The van der Waals surface area contributed by atoms with Gasteiger partial charge in [-0.05, 0) is 30.2 Å². The summed E-state index contributed by atoms with van der Waals surface area (Å²) in [6.07, 6.45) is 0. The van der Waals surface area contributed by atoms with Crippen LogP contribution < -0.4 is 5.73 Å². The number of aryl methyl sites for hydroxylation is 1. The van der Waals surface area contributed by atoms with Crippen molar-refractivity contribution in [3.63, 3.8) is 0 Å². The molecule has 0 aromatic heterocycles. The summed E-state index contributed by atoms with van der Waals surface area (Å²) in [5.74, 6) is -0.194. The molecule has 0 bridgehead atoms. The van der Waals surface area contributed by atoms with Crippen molar-refractivity contribution in [1.82, 2.24) is 0 Å². The van der Waals surface area contributed by atoms with E-state index in [0.717, 1.165) is 11.1 Å². The van der Waals surface area contributed by atoms with Crippen LogP contribution in [0.1, 0.15) is 17.0 Å². The molecule has 0 heterocycles. The van der Waals surface area contributed by atoms with Gasteiger partial charge >= 0.3 is 0 Å². The fourth-order valence-corrected chi connectivity index (χ4v) is 1.41. The second-order valence-corrected chi connectivity index (χ2v) is 3.87. The van der Waals surface area contributed by atoms with Crippen molar-refractivity contribution in [3.05, 3.63) is 29.3 Å². The molecule has 0 saturated heterocycles. The summed E-state index contributed by atoms with van der Waals surface area (Å²) in [6, 6.07) is 5.47. The summed E-state index contributed by atoms with van der Waals surface area (Å²) >= 11 is -2.61. The monoisotopic (exact) mass is 263 g/mol. The Bertz CT molecular complexity index is 364. The lowest BCUT2D eigenvalue weighted by atomic mass is 9.96. The van der Waals surface area contributed by atoms with E-state index in [9.17, 15) is 0 Å². The number of aliphatic hydroxyl groups is 2. The first kappa shape index (κ1) is 16.0. The van der Waals surface area contributed by atoms with Crippen LogP contribution in [0.2, 0.25) is 0 Å². The molecule has 0 atom stereocenters. The minimum Gasteiger partial charge on any atom is -0.399 e. The van der Waals surface area contributed by atoms with Crippen molar-refractivity contribution in [2.75, 3.05) is 18.9 Å². The molecule has 0 aliphatic rings. The third kappa shape index (κ3) is 6.35. The van der Waals surface area contributed by atoms with E-state index in [1.165, 1.54) is 0 Å². The zero-order valence-corrected chi connectivity index (χ0v) is 10.2. The SMILES string of the molecule is Cc1cc(N)ccc1C(CO)CO.O=S(O)O. The van der Waals surface area contributed by atoms with Crippen LogP contribution in [0, 0.1) is 6.92 Å². The van der Waals surface area contributed by atoms with Gasteiger partial charge in [0.2, 0.25) is 0 Å². The van der Waals surface area contributed by atoms with Crippen LogP contribution in [0.3, 0.4) is 0 Å². The molecule has 0 radical (unpaired) electrons. The van der Waals surface area contributed by atoms with Gasteiger partial charge in [-0.2, -0.15) is 4.21 Å². The maximum atomic E-state index is 8.98. The number of nitrogens with two attached hydrogens (primary N) is 1. The van der Waals surface area contributed by atoms with E-state index < -0.39 is 11.4 Å². The van der Waals surface area contributed by atoms with Gasteiger partial charge in [-0.15, -0.1) is 0 Å². The summed E-state index contributed by atoms with van der Waals surface area (Å²) in [5.41, 5.74) is 8.26. The van der Waals surface area contributed by atoms with Gasteiger partial charge in [0.25, 0.3) is 11.4 Å². The summed E-state index contributed by atoms with van der Waals surface area (Å²) in [7, 11) is 0. The highest BCUT2D eigenvalue weighted by atomic mass is 32.2. The summed E-state index contributed by atoms with van der Waals surface area (Å²) in [5, 5.41) is 18.0. The quantitative estimate of drug-likeness (QED) is 0.395. The third-order valence-corrected chi connectivity index (χ3v) is 2.17. The lowest BCUT2D eigenvalue weighted by molar-refractivity contribution is 0.192. The Kier molecular flexibility index (Phi) is 7.68. The maximum Gasteiger partial charge on any atom is 0.299 e. The van der Waals surface area contributed by atoms with E-state index in [1.54, 1.807) is 6.07 Å². The second kappa shape index (κ2) is 8.15. The van der Waals surface area contributed by atoms with E-state index in [-0.39, 0.29) is 19.1 Å². The van der Waals surface area contributed by atoms with Gasteiger partial charge < -0.3 is 15.9 Å². The van der Waals surface area contributed by atoms with E-state index in [0.29, 0.717) is 5.69 Å². The van der Waals surface area contributed by atoms with Crippen LogP contribution >= 0.6 is 0 Å². The standard InChI is InChI=1S/C10H15NO2.H2O3S/c1-7-4-9(11)2-3-10(7)8(5-12)6-13;1-4(2)3/h2-4,8,12-13H,5-6,11H2,1H3;(H2,1,2,3). The molecule has 0 unspecified atom stereocenters. The van der Waals surface area contributed by atoms with Gasteiger partial charge in [-0.3, -0.25) is 9.11 Å². The molecule has 6 N–H and O–H groups in total. The summed E-state index contributed by atoms with van der Waals surface area (Å²) in [6.45, 7) is 1.84. The van der Waals surface area contributed by atoms with Crippen LogP contribution in [0.4, 0.5) is 5.69 Å². The van der Waals surface area contributed by atoms with Crippen molar-refractivity contribution in [2.24, 2.45) is 0 Å². The molecular weight excluding hydrogens is 246 g/mol. The average Bonchev–Trinajstić information content (AvgIpc) is 2.22. The van der Waals surface area contributed by atoms with Crippen LogP contribution in [0.5, 0.6) is 0 Å². The second-order valence-electron chi connectivity index (χ2n) is 3.41. The molecule has 7 heteroatoms. The smallest absolute Gasteiger partial charge is 0.299 e. The molecule has 0 amide bonds. The number of nitrogen functional groups attached to an aromatic ring is 1. The highest BCUT2D eigenvalue weighted by Gasteiger charge is 2.11. The topological polar surface area (TPSA) is 124 Å². The Morgan fingerprint density at radius 2 is 1.76 bits per heavy atom. The van der Waals surface area contributed by atoms with Crippen molar-refractivity contribution >= 4 is 17.0 Å². The normalized spacial score (nSPS) is 10.3. The van der Waals surface area contributed by atoms with E-state index in [2.05, 4.69) is 0 Å². The number of rotatable bonds is 3. The van der Waals surface area contributed by atoms with Crippen LogP contribution in [0.25, 0.3) is 0 Å². The van der Waals surface area contributed by atoms with Crippen LogP contribution in [-0.4, -0.2) is 36.7 Å². The van der Waals surface area contributed by atoms with Gasteiger partial charge in [0.15, 0.2) is 0 Å². The van der Waals surface area contributed by atoms with Crippen molar-refractivity contribution in [3.8, 4) is 0 Å². The molecular formula is C10H17NO5S. The Morgan fingerprint density at radius 1 is 1.29 bits per heavy atom. The van der Waals surface area contributed by atoms with Crippen molar-refractivity contribution in [2.45, 2.75) is 12.8 Å². The largest absolute Gasteiger partial charge is 0.399 e. The minimum absolute atomic E-state index is 0.0404. The zero-order valence-electron chi connectivity index (χ0n) is 9.41.